The Hall–Kier alpha value is -2.41. The maximum Gasteiger partial charge on any atom is 0.251 e. The summed E-state index contributed by atoms with van der Waals surface area (Å²) in [5, 5.41) is 2.87. The molecule has 1 aromatic carbocycles. The maximum atomic E-state index is 12.6. The van der Waals surface area contributed by atoms with Crippen LogP contribution in [0, 0.1) is 0 Å². The van der Waals surface area contributed by atoms with Gasteiger partial charge in [0.1, 0.15) is 12.6 Å². The molecule has 0 radical (unpaired) electrons. The van der Waals surface area contributed by atoms with Gasteiger partial charge >= 0.3 is 0 Å². The Kier molecular flexibility index (Phi) is 5.56. The Labute approximate surface area is 153 Å². The standard InChI is InChI=1S/C19H26N4O3/c1-21(2)11-9-20-18(25)15-7-5-14(6-8-15)12-22-13-17(24)23-10-3-4-16(23)19(22)26/h5-8,16H,3-4,9-13H2,1-2H3,(H,20,25). The number of rotatable bonds is 6. The minimum Gasteiger partial charge on any atom is -0.351 e. The highest BCUT2D eigenvalue weighted by Gasteiger charge is 2.41. The molecule has 2 saturated heterocycles. The number of carbonyl (C=O) groups excluding carboxylic acids is 3. The van der Waals surface area contributed by atoms with Crippen molar-refractivity contribution in [2.24, 2.45) is 0 Å². The lowest BCUT2D eigenvalue weighted by atomic mass is 10.1. The van der Waals surface area contributed by atoms with Gasteiger partial charge in [0.2, 0.25) is 11.8 Å². The van der Waals surface area contributed by atoms with Gasteiger partial charge in [-0.05, 0) is 44.6 Å². The van der Waals surface area contributed by atoms with Crippen LogP contribution in [-0.2, 0) is 16.1 Å². The predicted octanol–water partition coefficient (Wildman–Crippen LogP) is 0.311. The van der Waals surface area contributed by atoms with Gasteiger partial charge in [-0.1, -0.05) is 12.1 Å². The molecule has 2 heterocycles. The number of likely N-dealkylation sites (N-methyl/N-ethyl adjacent to an activating group) is 1. The minimum atomic E-state index is -0.280. The summed E-state index contributed by atoms with van der Waals surface area (Å²) in [7, 11) is 3.91. The summed E-state index contributed by atoms with van der Waals surface area (Å²) >= 11 is 0. The molecule has 140 valence electrons. The van der Waals surface area contributed by atoms with E-state index in [0.717, 1.165) is 24.9 Å². The van der Waals surface area contributed by atoms with Crippen LogP contribution in [0.4, 0.5) is 0 Å². The zero-order valence-electron chi connectivity index (χ0n) is 15.4. The minimum absolute atomic E-state index is 0.0315. The fraction of sp³-hybridized carbons (Fsp3) is 0.526. The van der Waals surface area contributed by atoms with E-state index >= 15 is 0 Å². The van der Waals surface area contributed by atoms with E-state index in [4.69, 9.17) is 0 Å². The number of nitrogens with zero attached hydrogens (tertiary/aromatic N) is 3. The summed E-state index contributed by atoms with van der Waals surface area (Å²) in [5.41, 5.74) is 1.51. The number of piperazine rings is 1. The number of hydrogen-bond donors (Lipinski definition) is 1. The van der Waals surface area contributed by atoms with Crippen molar-refractivity contribution in [1.82, 2.24) is 20.0 Å². The van der Waals surface area contributed by atoms with Crippen molar-refractivity contribution in [1.29, 1.82) is 0 Å². The summed E-state index contributed by atoms with van der Waals surface area (Å²) in [5.74, 6) is -0.0409. The van der Waals surface area contributed by atoms with Crippen LogP contribution in [0.25, 0.3) is 0 Å². The van der Waals surface area contributed by atoms with Gasteiger partial charge in [-0.2, -0.15) is 0 Å². The lowest BCUT2D eigenvalue weighted by Crippen LogP contribution is -2.56. The fourth-order valence-corrected chi connectivity index (χ4v) is 3.48. The van der Waals surface area contributed by atoms with Crippen LogP contribution in [0.15, 0.2) is 24.3 Å². The number of carbonyl (C=O) groups is 3. The average molecular weight is 358 g/mol. The fourth-order valence-electron chi connectivity index (χ4n) is 3.48. The first-order valence-corrected chi connectivity index (χ1v) is 9.06. The highest BCUT2D eigenvalue weighted by atomic mass is 16.2. The van der Waals surface area contributed by atoms with Crippen molar-refractivity contribution in [3.8, 4) is 0 Å². The molecule has 7 heteroatoms. The van der Waals surface area contributed by atoms with Gasteiger partial charge in [-0.25, -0.2) is 0 Å². The van der Waals surface area contributed by atoms with Crippen LogP contribution in [0.2, 0.25) is 0 Å². The van der Waals surface area contributed by atoms with E-state index in [9.17, 15) is 14.4 Å². The zero-order chi connectivity index (χ0) is 18.7. The smallest absolute Gasteiger partial charge is 0.251 e. The molecule has 0 aliphatic carbocycles. The van der Waals surface area contributed by atoms with Gasteiger partial charge in [0.15, 0.2) is 0 Å². The normalized spacial score (nSPS) is 19.9. The SMILES string of the molecule is CN(C)CCNC(=O)c1ccc(CN2CC(=O)N3CCCC3C2=O)cc1. The van der Waals surface area contributed by atoms with Crippen LogP contribution >= 0.6 is 0 Å². The van der Waals surface area contributed by atoms with Crippen molar-refractivity contribution >= 4 is 17.7 Å². The van der Waals surface area contributed by atoms with E-state index in [2.05, 4.69) is 5.32 Å². The van der Waals surface area contributed by atoms with Gasteiger partial charge in [0.05, 0.1) is 0 Å². The number of amides is 3. The second-order valence-corrected chi connectivity index (χ2v) is 7.20. The molecule has 2 aliphatic heterocycles. The van der Waals surface area contributed by atoms with Crippen LogP contribution in [-0.4, -0.2) is 78.7 Å². The zero-order valence-corrected chi connectivity index (χ0v) is 15.4. The van der Waals surface area contributed by atoms with E-state index in [1.54, 1.807) is 21.9 Å². The molecule has 2 fully saturated rings. The number of nitrogens with one attached hydrogen (secondary N) is 1. The number of hydrogen-bond acceptors (Lipinski definition) is 4. The average Bonchev–Trinajstić information content (AvgIpc) is 3.10. The molecule has 0 aromatic heterocycles. The molecule has 7 nitrogen and oxygen atoms in total. The van der Waals surface area contributed by atoms with Crippen molar-refractivity contribution in [3.63, 3.8) is 0 Å². The first kappa shape index (κ1) is 18.4. The molecule has 2 aliphatic rings. The summed E-state index contributed by atoms with van der Waals surface area (Å²) in [4.78, 5) is 42.2. The van der Waals surface area contributed by atoms with Crippen molar-refractivity contribution < 1.29 is 14.4 Å². The second kappa shape index (κ2) is 7.86. The van der Waals surface area contributed by atoms with Gasteiger partial charge < -0.3 is 20.0 Å². The quantitative estimate of drug-likeness (QED) is 0.794. The monoisotopic (exact) mass is 358 g/mol. The Morgan fingerprint density at radius 3 is 2.65 bits per heavy atom. The van der Waals surface area contributed by atoms with Gasteiger partial charge in [0.25, 0.3) is 5.91 Å². The summed E-state index contributed by atoms with van der Waals surface area (Å²) < 4.78 is 0. The molecule has 0 spiro atoms. The first-order chi connectivity index (χ1) is 12.5. The van der Waals surface area contributed by atoms with Crippen LogP contribution in [0.1, 0.15) is 28.8 Å². The molecule has 3 rings (SSSR count). The van der Waals surface area contributed by atoms with E-state index < -0.39 is 0 Å². The molecule has 26 heavy (non-hydrogen) atoms. The second-order valence-electron chi connectivity index (χ2n) is 7.20. The Balaban J connectivity index is 1.58. The largest absolute Gasteiger partial charge is 0.351 e. The highest BCUT2D eigenvalue weighted by molar-refractivity contribution is 5.95. The molecule has 0 bridgehead atoms. The lowest BCUT2D eigenvalue weighted by molar-refractivity contribution is -0.154. The molecule has 1 unspecified atom stereocenters. The Morgan fingerprint density at radius 1 is 1.23 bits per heavy atom. The van der Waals surface area contributed by atoms with E-state index in [1.807, 2.05) is 31.1 Å². The van der Waals surface area contributed by atoms with E-state index in [-0.39, 0.29) is 30.3 Å². The molecule has 0 saturated carbocycles. The predicted molar refractivity (Wildman–Crippen MR) is 97.5 cm³/mol. The van der Waals surface area contributed by atoms with Crippen molar-refractivity contribution in [2.45, 2.75) is 25.4 Å². The van der Waals surface area contributed by atoms with Gasteiger partial charge in [-0.15, -0.1) is 0 Å². The summed E-state index contributed by atoms with van der Waals surface area (Å²) in [6.45, 7) is 2.61. The molecule has 1 atom stereocenters. The number of benzene rings is 1. The van der Waals surface area contributed by atoms with E-state index in [1.165, 1.54) is 0 Å². The van der Waals surface area contributed by atoms with Crippen molar-refractivity contribution in [3.05, 3.63) is 35.4 Å². The highest BCUT2D eigenvalue weighted by Crippen LogP contribution is 2.24. The Morgan fingerprint density at radius 2 is 1.96 bits per heavy atom. The summed E-state index contributed by atoms with van der Waals surface area (Å²) in [6.07, 6.45) is 1.65. The third-order valence-corrected chi connectivity index (χ3v) is 4.93. The van der Waals surface area contributed by atoms with Crippen LogP contribution in [0.3, 0.4) is 0 Å². The lowest BCUT2D eigenvalue weighted by Gasteiger charge is -2.36. The number of fused-ring (bicyclic) bond motifs is 1. The van der Waals surface area contributed by atoms with Crippen LogP contribution < -0.4 is 5.32 Å². The topological polar surface area (TPSA) is 73.0 Å². The molecular weight excluding hydrogens is 332 g/mol. The van der Waals surface area contributed by atoms with Crippen LogP contribution in [0.5, 0.6) is 0 Å². The Bertz CT molecular complexity index is 687. The van der Waals surface area contributed by atoms with Crippen molar-refractivity contribution in [2.75, 3.05) is 40.3 Å². The molecule has 3 amide bonds. The third-order valence-electron chi connectivity index (χ3n) is 4.93. The summed E-state index contributed by atoms with van der Waals surface area (Å²) in [6, 6.07) is 6.94. The third kappa shape index (κ3) is 4.04. The molecule has 1 N–H and O–H groups in total. The maximum absolute atomic E-state index is 12.6. The van der Waals surface area contributed by atoms with Gasteiger partial charge in [0, 0.05) is 31.7 Å². The molecular formula is C19H26N4O3. The van der Waals surface area contributed by atoms with E-state index in [0.29, 0.717) is 25.2 Å². The molecule has 1 aromatic rings. The first-order valence-electron chi connectivity index (χ1n) is 9.06. The van der Waals surface area contributed by atoms with Gasteiger partial charge in [-0.3, -0.25) is 14.4 Å².